The molecule has 1 aliphatic rings. The number of carbonyl (C=O) groups is 3. The Labute approximate surface area is 190 Å². The zero-order valence-corrected chi connectivity index (χ0v) is 19.0. The summed E-state index contributed by atoms with van der Waals surface area (Å²) in [7, 11) is 0.984. The van der Waals surface area contributed by atoms with E-state index >= 15 is 0 Å². The highest BCUT2D eigenvalue weighted by Gasteiger charge is 2.44. The first kappa shape index (κ1) is 26.0. The van der Waals surface area contributed by atoms with Gasteiger partial charge in [-0.1, -0.05) is 24.5 Å². The number of allylic oxidation sites excluding steroid dienone is 2. The van der Waals surface area contributed by atoms with Crippen molar-refractivity contribution in [3.63, 3.8) is 0 Å². The fourth-order valence-corrected chi connectivity index (χ4v) is 3.72. The molecule has 9 heteroatoms. The number of carboxylic acid groups (broad SMARTS) is 1. The van der Waals surface area contributed by atoms with E-state index in [0.29, 0.717) is 33.6 Å². The molecule has 0 aromatic heterocycles. The maximum Gasteiger partial charge on any atom is 0.471 e. The minimum Gasteiger partial charge on any atom is -0.481 e. The van der Waals surface area contributed by atoms with E-state index in [-0.39, 0.29) is 43.5 Å². The normalized spacial score (nSPS) is 13.2. The van der Waals surface area contributed by atoms with E-state index in [9.17, 15) is 27.6 Å². The highest BCUT2D eigenvalue weighted by atomic mass is 19.4. The van der Waals surface area contributed by atoms with Crippen LogP contribution in [0.1, 0.15) is 65.7 Å². The number of esters is 1. The van der Waals surface area contributed by atoms with Crippen LogP contribution in [0.25, 0.3) is 0 Å². The highest BCUT2D eigenvalue weighted by Crippen LogP contribution is 2.40. The summed E-state index contributed by atoms with van der Waals surface area (Å²) in [5.41, 5.74) is 2.66. The zero-order valence-electron chi connectivity index (χ0n) is 19.0. The summed E-state index contributed by atoms with van der Waals surface area (Å²) in [5, 5.41) is 8.89. The second kappa shape index (κ2) is 10.6. The van der Waals surface area contributed by atoms with Gasteiger partial charge in [0, 0.05) is 31.9 Å². The van der Waals surface area contributed by atoms with Crippen LogP contribution in [0.3, 0.4) is 0 Å². The van der Waals surface area contributed by atoms with Gasteiger partial charge < -0.3 is 14.7 Å². The maximum absolute atomic E-state index is 13.3. The van der Waals surface area contributed by atoms with Crippen molar-refractivity contribution in [2.45, 2.75) is 65.7 Å². The summed E-state index contributed by atoms with van der Waals surface area (Å²) in [5.74, 6) is 2.06. The van der Waals surface area contributed by atoms with E-state index in [4.69, 9.17) is 9.84 Å². The Morgan fingerprint density at radius 1 is 1.21 bits per heavy atom. The standard InChI is InChI=1S/C24H26F3NO5/c1-5-6-7-8-16-15(3)18-13-33-22(31)20(18)21(28(4)23(32)24(25,26)27)17(16)11-9-14(2)10-12-19(29)30/h9H,5,8,10-13H2,1-4H3,(H,29,30). The van der Waals surface area contributed by atoms with Gasteiger partial charge in [0.1, 0.15) is 6.61 Å². The molecule has 0 spiro atoms. The molecule has 0 fully saturated rings. The van der Waals surface area contributed by atoms with E-state index in [1.54, 1.807) is 19.9 Å². The Bertz CT molecular complexity index is 1060. The van der Waals surface area contributed by atoms with Crippen molar-refractivity contribution in [1.82, 2.24) is 0 Å². The topological polar surface area (TPSA) is 83.9 Å². The minimum atomic E-state index is -5.14. The fraction of sp³-hybridized carbons (Fsp3) is 0.458. The summed E-state index contributed by atoms with van der Waals surface area (Å²) in [6, 6.07) is 0. The Balaban J connectivity index is 2.75. The smallest absolute Gasteiger partial charge is 0.471 e. The molecule has 1 aromatic rings. The number of hydrogen-bond acceptors (Lipinski definition) is 4. The van der Waals surface area contributed by atoms with Gasteiger partial charge in [-0.3, -0.25) is 9.59 Å². The Kier molecular flexibility index (Phi) is 8.31. The van der Waals surface area contributed by atoms with E-state index in [2.05, 4.69) is 11.8 Å². The van der Waals surface area contributed by atoms with Gasteiger partial charge in [-0.15, -0.1) is 5.92 Å². The lowest BCUT2D eigenvalue weighted by Crippen LogP contribution is -2.40. The number of alkyl halides is 3. The first-order chi connectivity index (χ1) is 15.4. The number of ether oxygens (including phenoxy) is 1. The second-order valence-electron chi connectivity index (χ2n) is 7.75. The third-order valence-electron chi connectivity index (χ3n) is 5.48. The SMILES string of the molecule is CCC#CCc1c(C)c2c(c(N(C)C(=O)C(F)(F)F)c1CC=C(C)CCC(=O)O)C(=O)OC2. The van der Waals surface area contributed by atoms with Crippen molar-refractivity contribution in [3.05, 3.63) is 39.5 Å². The summed E-state index contributed by atoms with van der Waals surface area (Å²) in [6.45, 7) is 5.25. The number of nitrogens with zero attached hydrogens (tertiary/aromatic N) is 1. The van der Waals surface area contributed by atoms with E-state index in [1.165, 1.54) is 0 Å². The molecule has 0 saturated heterocycles. The molecule has 1 heterocycles. The molecular formula is C24H26F3NO5. The van der Waals surface area contributed by atoms with Gasteiger partial charge in [0.05, 0.1) is 11.3 Å². The van der Waals surface area contributed by atoms with Crippen LogP contribution in [0.2, 0.25) is 0 Å². The first-order valence-corrected chi connectivity index (χ1v) is 10.4. The molecule has 0 unspecified atom stereocenters. The minimum absolute atomic E-state index is 0.0496. The van der Waals surface area contributed by atoms with E-state index < -0.39 is 24.0 Å². The quantitative estimate of drug-likeness (QED) is 0.364. The lowest BCUT2D eigenvalue weighted by atomic mass is 9.87. The van der Waals surface area contributed by atoms with Gasteiger partial charge in [-0.05, 0) is 43.4 Å². The Morgan fingerprint density at radius 3 is 2.45 bits per heavy atom. The molecular weight excluding hydrogens is 439 g/mol. The van der Waals surface area contributed by atoms with Crippen LogP contribution in [-0.2, 0) is 33.8 Å². The number of benzene rings is 1. The molecule has 6 nitrogen and oxygen atoms in total. The van der Waals surface area contributed by atoms with Crippen LogP contribution in [-0.4, -0.2) is 36.2 Å². The van der Waals surface area contributed by atoms with Gasteiger partial charge in [-0.2, -0.15) is 13.2 Å². The molecule has 0 aliphatic carbocycles. The molecule has 0 radical (unpaired) electrons. The highest BCUT2D eigenvalue weighted by molar-refractivity contribution is 6.07. The van der Waals surface area contributed by atoms with Crippen LogP contribution in [0.4, 0.5) is 18.9 Å². The third kappa shape index (κ3) is 5.95. The van der Waals surface area contributed by atoms with Crippen LogP contribution >= 0.6 is 0 Å². The maximum atomic E-state index is 13.3. The predicted molar refractivity (Wildman–Crippen MR) is 116 cm³/mol. The summed E-state index contributed by atoms with van der Waals surface area (Å²) < 4.78 is 45.0. The van der Waals surface area contributed by atoms with Crippen molar-refractivity contribution in [3.8, 4) is 11.8 Å². The Hall–Kier alpha value is -3.28. The van der Waals surface area contributed by atoms with Crippen LogP contribution in [0.5, 0.6) is 0 Å². The second-order valence-corrected chi connectivity index (χ2v) is 7.75. The summed E-state index contributed by atoms with van der Waals surface area (Å²) >= 11 is 0. The van der Waals surface area contributed by atoms with Crippen LogP contribution in [0, 0.1) is 18.8 Å². The molecule has 1 aliphatic heterocycles. The number of cyclic esters (lactones) is 1. The number of amides is 1. The number of hydrogen-bond donors (Lipinski definition) is 1. The Morgan fingerprint density at radius 2 is 1.88 bits per heavy atom. The molecule has 0 saturated carbocycles. The fourth-order valence-electron chi connectivity index (χ4n) is 3.72. The van der Waals surface area contributed by atoms with Gasteiger partial charge in [0.15, 0.2) is 0 Å². The average molecular weight is 465 g/mol. The molecule has 2 rings (SSSR count). The zero-order chi connectivity index (χ0) is 24.9. The van der Waals surface area contributed by atoms with E-state index in [1.807, 2.05) is 6.92 Å². The van der Waals surface area contributed by atoms with Crippen molar-refractivity contribution < 1.29 is 37.4 Å². The van der Waals surface area contributed by atoms with Gasteiger partial charge in [0.25, 0.3) is 0 Å². The lowest BCUT2D eigenvalue weighted by molar-refractivity contribution is -0.170. The van der Waals surface area contributed by atoms with Crippen molar-refractivity contribution >= 4 is 23.5 Å². The molecule has 178 valence electrons. The van der Waals surface area contributed by atoms with Crippen LogP contribution in [0.15, 0.2) is 11.6 Å². The largest absolute Gasteiger partial charge is 0.481 e. The predicted octanol–water partition coefficient (Wildman–Crippen LogP) is 4.50. The molecule has 1 aromatic carbocycles. The average Bonchev–Trinajstić information content (AvgIpc) is 3.12. The number of fused-ring (bicyclic) bond motifs is 1. The summed E-state index contributed by atoms with van der Waals surface area (Å²) in [4.78, 5) is 36.0. The lowest BCUT2D eigenvalue weighted by Gasteiger charge is -2.26. The van der Waals surface area contributed by atoms with Crippen molar-refractivity contribution in [2.75, 3.05) is 11.9 Å². The molecule has 1 amide bonds. The number of rotatable bonds is 7. The van der Waals surface area contributed by atoms with Crippen LogP contribution < -0.4 is 4.90 Å². The number of aliphatic carboxylic acids is 1. The van der Waals surface area contributed by atoms with Gasteiger partial charge >= 0.3 is 24.0 Å². The third-order valence-corrected chi connectivity index (χ3v) is 5.48. The molecule has 33 heavy (non-hydrogen) atoms. The van der Waals surface area contributed by atoms with Gasteiger partial charge in [0.2, 0.25) is 0 Å². The monoisotopic (exact) mass is 465 g/mol. The molecule has 1 N–H and O–H groups in total. The number of carboxylic acids is 1. The van der Waals surface area contributed by atoms with E-state index in [0.717, 1.165) is 12.6 Å². The summed E-state index contributed by atoms with van der Waals surface area (Å²) in [6.07, 6.45) is -2.35. The molecule has 0 bridgehead atoms. The van der Waals surface area contributed by atoms with Crippen molar-refractivity contribution in [2.24, 2.45) is 0 Å². The van der Waals surface area contributed by atoms with Crippen molar-refractivity contribution in [1.29, 1.82) is 0 Å². The number of halogens is 3. The molecule has 0 atom stereocenters. The van der Waals surface area contributed by atoms with Gasteiger partial charge in [-0.25, -0.2) is 4.79 Å². The number of anilines is 1. The number of carbonyl (C=O) groups excluding carboxylic acids is 2. The first-order valence-electron chi connectivity index (χ1n) is 10.4.